The molecule has 1 amide bonds. The Morgan fingerprint density at radius 1 is 1.50 bits per heavy atom. The summed E-state index contributed by atoms with van der Waals surface area (Å²) in [6.45, 7) is 6.21. The van der Waals surface area contributed by atoms with Crippen LogP contribution in [0, 0.1) is 17.0 Å². The number of aryl methyl sites for hydroxylation is 2. The summed E-state index contributed by atoms with van der Waals surface area (Å²) in [6.07, 6.45) is 0. The highest BCUT2D eigenvalue weighted by atomic mass is 16.6. The lowest BCUT2D eigenvalue weighted by molar-refractivity contribution is -0.384. The number of nitrogens with zero attached hydrogens (tertiary/aromatic N) is 3. The summed E-state index contributed by atoms with van der Waals surface area (Å²) in [5.74, 6) is 0.0551. The van der Waals surface area contributed by atoms with Crippen molar-refractivity contribution in [2.24, 2.45) is 0 Å². The standard InChI is InChI=1S/C10H17N5O3/c1-4-11-8(16)6-12-10-9(15(17)18)7(3)13-14(10)5-2/h12H,4-6H2,1-3H3,(H,11,16). The molecule has 2 N–H and O–H groups in total. The number of amides is 1. The number of likely N-dealkylation sites (N-methyl/N-ethyl adjacent to an activating group) is 1. The average Bonchev–Trinajstić information content (AvgIpc) is 2.63. The van der Waals surface area contributed by atoms with E-state index in [1.807, 2.05) is 6.92 Å². The summed E-state index contributed by atoms with van der Waals surface area (Å²) in [5, 5.41) is 20.4. The minimum Gasteiger partial charge on any atom is -0.355 e. The number of hydrogen-bond acceptors (Lipinski definition) is 5. The van der Waals surface area contributed by atoms with Gasteiger partial charge in [-0.3, -0.25) is 14.9 Å². The highest BCUT2D eigenvalue weighted by Crippen LogP contribution is 2.27. The lowest BCUT2D eigenvalue weighted by Gasteiger charge is -2.07. The number of carbonyl (C=O) groups excluding carboxylic acids is 1. The average molecular weight is 255 g/mol. The SMILES string of the molecule is CCNC(=O)CNc1c([N+](=O)[O-])c(C)nn1CC. The van der Waals surface area contributed by atoms with E-state index >= 15 is 0 Å². The second-order valence-corrected chi connectivity index (χ2v) is 3.66. The molecule has 1 aromatic rings. The molecule has 1 aromatic heterocycles. The van der Waals surface area contributed by atoms with Gasteiger partial charge in [0, 0.05) is 13.1 Å². The Morgan fingerprint density at radius 3 is 2.67 bits per heavy atom. The van der Waals surface area contributed by atoms with Crippen LogP contribution in [-0.2, 0) is 11.3 Å². The molecule has 1 rings (SSSR count). The Bertz CT molecular complexity index is 455. The van der Waals surface area contributed by atoms with Gasteiger partial charge in [0.05, 0.1) is 11.5 Å². The van der Waals surface area contributed by atoms with Crippen molar-refractivity contribution in [1.29, 1.82) is 0 Å². The molecule has 100 valence electrons. The molecule has 0 saturated carbocycles. The van der Waals surface area contributed by atoms with Crippen LogP contribution >= 0.6 is 0 Å². The lowest BCUT2D eigenvalue weighted by Crippen LogP contribution is -2.30. The van der Waals surface area contributed by atoms with Gasteiger partial charge in [0.25, 0.3) is 0 Å². The zero-order valence-corrected chi connectivity index (χ0v) is 10.7. The number of nitro groups is 1. The quantitative estimate of drug-likeness (QED) is 0.574. The molecular formula is C10H17N5O3. The molecular weight excluding hydrogens is 238 g/mol. The first kappa shape index (κ1) is 13.9. The van der Waals surface area contributed by atoms with Crippen molar-refractivity contribution in [2.45, 2.75) is 27.3 Å². The number of aromatic nitrogens is 2. The summed E-state index contributed by atoms with van der Waals surface area (Å²) in [5.41, 5.74) is 0.251. The molecule has 0 aliphatic heterocycles. The predicted octanol–water partition coefficient (Wildman–Crippen LogP) is 0.668. The molecule has 0 saturated heterocycles. The molecule has 0 unspecified atom stereocenters. The van der Waals surface area contributed by atoms with Gasteiger partial charge in [-0.15, -0.1) is 0 Å². The Labute approximate surface area is 105 Å². The maximum Gasteiger partial charge on any atom is 0.333 e. The third-order valence-corrected chi connectivity index (χ3v) is 2.37. The monoisotopic (exact) mass is 255 g/mol. The fraction of sp³-hybridized carbons (Fsp3) is 0.600. The highest BCUT2D eigenvalue weighted by Gasteiger charge is 2.24. The Kier molecular flexibility index (Phi) is 4.64. The maximum absolute atomic E-state index is 11.3. The first-order valence-corrected chi connectivity index (χ1v) is 5.73. The summed E-state index contributed by atoms with van der Waals surface area (Å²) in [6, 6.07) is 0. The van der Waals surface area contributed by atoms with Gasteiger partial charge in [-0.2, -0.15) is 5.10 Å². The fourth-order valence-corrected chi connectivity index (χ4v) is 1.62. The minimum atomic E-state index is -0.492. The Morgan fingerprint density at radius 2 is 2.17 bits per heavy atom. The topological polar surface area (TPSA) is 102 Å². The molecule has 0 aromatic carbocycles. The van der Waals surface area contributed by atoms with E-state index < -0.39 is 4.92 Å². The van der Waals surface area contributed by atoms with Crippen LogP contribution in [-0.4, -0.2) is 33.7 Å². The molecule has 0 spiro atoms. The summed E-state index contributed by atoms with van der Waals surface area (Å²) >= 11 is 0. The van der Waals surface area contributed by atoms with E-state index in [0.29, 0.717) is 18.8 Å². The van der Waals surface area contributed by atoms with Crippen LogP contribution in [0.5, 0.6) is 0 Å². The molecule has 0 radical (unpaired) electrons. The van der Waals surface area contributed by atoms with Crippen molar-refractivity contribution in [2.75, 3.05) is 18.4 Å². The molecule has 0 bridgehead atoms. The molecule has 0 atom stereocenters. The van der Waals surface area contributed by atoms with E-state index in [0.717, 1.165) is 0 Å². The maximum atomic E-state index is 11.3. The van der Waals surface area contributed by atoms with E-state index in [1.54, 1.807) is 13.8 Å². The van der Waals surface area contributed by atoms with Crippen molar-refractivity contribution in [3.05, 3.63) is 15.8 Å². The van der Waals surface area contributed by atoms with Gasteiger partial charge in [0.2, 0.25) is 11.7 Å². The van der Waals surface area contributed by atoms with Crippen LogP contribution < -0.4 is 10.6 Å². The van der Waals surface area contributed by atoms with Crippen LogP contribution in [0.3, 0.4) is 0 Å². The van der Waals surface area contributed by atoms with E-state index in [9.17, 15) is 14.9 Å². The van der Waals surface area contributed by atoms with Crippen LogP contribution in [0.2, 0.25) is 0 Å². The lowest BCUT2D eigenvalue weighted by atomic mass is 10.4. The van der Waals surface area contributed by atoms with E-state index in [4.69, 9.17) is 0 Å². The normalized spacial score (nSPS) is 10.2. The van der Waals surface area contributed by atoms with Gasteiger partial charge in [-0.05, 0) is 20.8 Å². The van der Waals surface area contributed by atoms with Crippen molar-refractivity contribution in [3.8, 4) is 0 Å². The van der Waals surface area contributed by atoms with Gasteiger partial charge >= 0.3 is 5.69 Å². The minimum absolute atomic E-state index is 0.0141. The van der Waals surface area contributed by atoms with Gasteiger partial charge < -0.3 is 10.6 Å². The number of rotatable bonds is 6. The van der Waals surface area contributed by atoms with Crippen LogP contribution in [0.4, 0.5) is 11.5 Å². The number of carbonyl (C=O) groups is 1. The van der Waals surface area contributed by atoms with E-state index in [-0.39, 0.29) is 24.0 Å². The van der Waals surface area contributed by atoms with Crippen LogP contribution in [0.25, 0.3) is 0 Å². The molecule has 0 aliphatic carbocycles. The van der Waals surface area contributed by atoms with Gasteiger partial charge in [-0.25, -0.2) is 4.68 Å². The van der Waals surface area contributed by atoms with Gasteiger partial charge in [-0.1, -0.05) is 0 Å². The van der Waals surface area contributed by atoms with Crippen molar-refractivity contribution in [3.63, 3.8) is 0 Å². The number of hydrogen-bond donors (Lipinski definition) is 2. The number of anilines is 1. The molecule has 8 nitrogen and oxygen atoms in total. The molecule has 18 heavy (non-hydrogen) atoms. The van der Waals surface area contributed by atoms with Crippen LogP contribution in [0.15, 0.2) is 0 Å². The number of nitrogens with one attached hydrogen (secondary N) is 2. The summed E-state index contributed by atoms with van der Waals surface area (Å²) in [4.78, 5) is 21.8. The first-order valence-electron chi connectivity index (χ1n) is 5.73. The molecule has 0 fully saturated rings. The first-order chi connectivity index (χ1) is 8.51. The second-order valence-electron chi connectivity index (χ2n) is 3.66. The Hall–Kier alpha value is -2.12. The third kappa shape index (κ3) is 2.96. The largest absolute Gasteiger partial charge is 0.355 e. The molecule has 0 aliphatic rings. The molecule has 1 heterocycles. The van der Waals surface area contributed by atoms with Gasteiger partial charge in [0.1, 0.15) is 5.69 Å². The smallest absolute Gasteiger partial charge is 0.333 e. The Balaban J connectivity index is 2.92. The highest BCUT2D eigenvalue weighted by molar-refractivity contribution is 5.81. The van der Waals surface area contributed by atoms with Crippen molar-refractivity contribution < 1.29 is 9.72 Å². The zero-order valence-electron chi connectivity index (χ0n) is 10.7. The summed E-state index contributed by atoms with van der Waals surface area (Å²) < 4.78 is 1.48. The fourth-order valence-electron chi connectivity index (χ4n) is 1.62. The van der Waals surface area contributed by atoms with E-state index in [1.165, 1.54) is 4.68 Å². The van der Waals surface area contributed by atoms with Crippen LogP contribution in [0.1, 0.15) is 19.5 Å². The summed E-state index contributed by atoms with van der Waals surface area (Å²) in [7, 11) is 0. The third-order valence-electron chi connectivity index (χ3n) is 2.37. The van der Waals surface area contributed by atoms with Crippen molar-refractivity contribution >= 4 is 17.4 Å². The second kappa shape index (κ2) is 5.99. The van der Waals surface area contributed by atoms with Gasteiger partial charge in [0.15, 0.2) is 0 Å². The molecule has 8 heteroatoms. The predicted molar refractivity (Wildman–Crippen MR) is 66.5 cm³/mol. The zero-order chi connectivity index (χ0) is 13.7. The van der Waals surface area contributed by atoms with E-state index in [2.05, 4.69) is 15.7 Å². The van der Waals surface area contributed by atoms with Crippen molar-refractivity contribution in [1.82, 2.24) is 15.1 Å².